The Bertz CT molecular complexity index is 501. The molecule has 0 aliphatic heterocycles. The van der Waals surface area contributed by atoms with E-state index in [1.54, 1.807) is 0 Å². The molecule has 19 heavy (non-hydrogen) atoms. The monoisotopic (exact) mass is 256 g/mol. The summed E-state index contributed by atoms with van der Waals surface area (Å²) in [5.41, 5.74) is 17.0. The minimum Gasteiger partial charge on any atom is -0.399 e. The van der Waals surface area contributed by atoms with Gasteiger partial charge in [-0.3, -0.25) is 0 Å². The van der Waals surface area contributed by atoms with Gasteiger partial charge >= 0.3 is 0 Å². The largest absolute Gasteiger partial charge is 0.399 e. The summed E-state index contributed by atoms with van der Waals surface area (Å²) in [7, 11) is 0. The molecule has 0 unspecified atom stereocenters. The summed E-state index contributed by atoms with van der Waals surface area (Å²) in [6.07, 6.45) is 2.07. The summed E-state index contributed by atoms with van der Waals surface area (Å²) in [6.45, 7) is 6.11. The van der Waals surface area contributed by atoms with Crippen LogP contribution < -0.4 is 11.5 Å². The average molecular weight is 256 g/mol. The van der Waals surface area contributed by atoms with Gasteiger partial charge in [-0.15, -0.1) is 0 Å². The zero-order valence-corrected chi connectivity index (χ0v) is 12.1. The number of benzene rings is 2. The van der Waals surface area contributed by atoms with E-state index >= 15 is 0 Å². The van der Waals surface area contributed by atoms with Crippen LogP contribution in [0.15, 0.2) is 42.5 Å². The molecule has 0 fully saturated rings. The lowest BCUT2D eigenvalue weighted by Gasteiger charge is -2.07. The maximum Gasteiger partial charge on any atom is 0.0316 e. The number of hydrogen-bond acceptors (Lipinski definition) is 2. The predicted molar refractivity (Wildman–Crippen MR) is 85.2 cm³/mol. The first-order valence-electron chi connectivity index (χ1n) is 6.84. The number of hydrogen-bond donors (Lipinski definition) is 2. The molecule has 0 amide bonds. The molecule has 0 radical (unpaired) electrons. The molecule has 0 aliphatic carbocycles. The Morgan fingerprint density at radius 1 is 0.789 bits per heavy atom. The highest BCUT2D eigenvalue weighted by atomic mass is 14.5. The fourth-order valence-electron chi connectivity index (χ4n) is 1.96. The summed E-state index contributed by atoms with van der Waals surface area (Å²) in [5, 5.41) is 0. The molecule has 2 nitrogen and oxygen atoms in total. The molecule has 0 bridgehead atoms. The summed E-state index contributed by atoms with van der Waals surface area (Å²) in [4.78, 5) is 0. The molecule has 102 valence electrons. The molecule has 2 rings (SSSR count). The number of anilines is 2. The first-order valence-corrected chi connectivity index (χ1v) is 6.84. The van der Waals surface area contributed by atoms with E-state index in [1.165, 1.54) is 16.7 Å². The third kappa shape index (κ3) is 4.66. The van der Waals surface area contributed by atoms with Crippen molar-refractivity contribution in [2.75, 3.05) is 11.5 Å². The van der Waals surface area contributed by atoms with Crippen LogP contribution in [0.25, 0.3) is 0 Å². The van der Waals surface area contributed by atoms with Gasteiger partial charge in [-0.25, -0.2) is 0 Å². The molecule has 2 heteroatoms. The topological polar surface area (TPSA) is 52.0 Å². The van der Waals surface area contributed by atoms with Crippen molar-refractivity contribution in [3.8, 4) is 0 Å². The minimum atomic E-state index is 0.817. The van der Waals surface area contributed by atoms with E-state index in [0.29, 0.717) is 0 Å². The van der Waals surface area contributed by atoms with Crippen molar-refractivity contribution in [2.24, 2.45) is 0 Å². The third-order valence-electron chi connectivity index (χ3n) is 3.03. The summed E-state index contributed by atoms with van der Waals surface area (Å²) in [5.74, 6) is 0. The van der Waals surface area contributed by atoms with E-state index in [2.05, 4.69) is 25.1 Å². The van der Waals surface area contributed by atoms with Crippen molar-refractivity contribution in [3.63, 3.8) is 0 Å². The second-order valence-corrected chi connectivity index (χ2v) is 4.43. The van der Waals surface area contributed by atoms with Crippen LogP contribution >= 0.6 is 0 Å². The van der Waals surface area contributed by atoms with Gasteiger partial charge in [-0.05, 0) is 60.7 Å². The summed E-state index contributed by atoms with van der Waals surface area (Å²) < 4.78 is 0. The van der Waals surface area contributed by atoms with E-state index in [0.717, 1.165) is 24.2 Å². The molecule has 0 saturated heterocycles. The highest BCUT2D eigenvalue weighted by Gasteiger charge is 2.00. The van der Waals surface area contributed by atoms with Crippen LogP contribution in [-0.4, -0.2) is 0 Å². The molecule has 0 spiro atoms. The number of nitrogen functional groups attached to an aromatic ring is 2. The second-order valence-electron chi connectivity index (χ2n) is 4.43. The van der Waals surface area contributed by atoms with Crippen molar-refractivity contribution in [2.45, 2.75) is 33.6 Å². The summed E-state index contributed by atoms with van der Waals surface area (Å²) >= 11 is 0. The molecule has 0 heterocycles. The van der Waals surface area contributed by atoms with Crippen molar-refractivity contribution in [3.05, 3.63) is 59.2 Å². The molecule has 4 N–H and O–H groups in total. The Labute approximate surface area is 116 Å². The minimum absolute atomic E-state index is 0.817. The first kappa shape index (κ1) is 15.1. The van der Waals surface area contributed by atoms with Crippen LogP contribution in [0, 0.1) is 6.92 Å². The zero-order chi connectivity index (χ0) is 14.3. The maximum absolute atomic E-state index is 5.74. The van der Waals surface area contributed by atoms with Crippen LogP contribution in [0.3, 0.4) is 0 Å². The third-order valence-corrected chi connectivity index (χ3v) is 3.03. The van der Waals surface area contributed by atoms with E-state index in [9.17, 15) is 0 Å². The van der Waals surface area contributed by atoms with Gasteiger partial charge in [0.1, 0.15) is 0 Å². The Balaban J connectivity index is 0.000000861. The smallest absolute Gasteiger partial charge is 0.0316 e. The normalized spacial score (nSPS) is 9.63. The predicted octanol–water partition coefficient (Wildman–Crippen LogP) is 3.97. The van der Waals surface area contributed by atoms with Crippen molar-refractivity contribution in [1.82, 2.24) is 0 Å². The van der Waals surface area contributed by atoms with Crippen LogP contribution in [0.4, 0.5) is 11.4 Å². The van der Waals surface area contributed by atoms with Crippen LogP contribution in [-0.2, 0) is 12.8 Å². The number of nitrogens with two attached hydrogens (primary N) is 2. The molecule has 0 atom stereocenters. The van der Waals surface area contributed by atoms with E-state index in [-0.39, 0.29) is 0 Å². The van der Waals surface area contributed by atoms with Crippen molar-refractivity contribution in [1.29, 1.82) is 0 Å². The standard InChI is InChI=1S/C15H18N2.C2H6/c1-11-10-15(17)9-6-13(11)5-2-12-3-7-14(16)8-4-12;1-2/h3-4,6-10H,2,5,16-17H2,1H3;1-2H3. The molecule has 0 aliphatic rings. The van der Waals surface area contributed by atoms with Gasteiger partial charge in [0.15, 0.2) is 0 Å². The fraction of sp³-hybridized carbons (Fsp3) is 0.294. The lowest BCUT2D eigenvalue weighted by Crippen LogP contribution is -1.96. The molecule has 2 aromatic rings. The van der Waals surface area contributed by atoms with Gasteiger partial charge in [0.25, 0.3) is 0 Å². The van der Waals surface area contributed by atoms with Gasteiger partial charge in [-0.1, -0.05) is 32.0 Å². The average Bonchev–Trinajstić information content (AvgIpc) is 2.42. The van der Waals surface area contributed by atoms with Crippen LogP contribution in [0.5, 0.6) is 0 Å². The number of rotatable bonds is 3. The highest BCUT2D eigenvalue weighted by Crippen LogP contribution is 2.15. The highest BCUT2D eigenvalue weighted by molar-refractivity contribution is 5.44. The van der Waals surface area contributed by atoms with Crippen molar-refractivity contribution >= 4 is 11.4 Å². The first-order chi connectivity index (χ1) is 9.15. The van der Waals surface area contributed by atoms with Crippen LogP contribution in [0.1, 0.15) is 30.5 Å². The fourth-order valence-corrected chi connectivity index (χ4v) is 1.96. The van der Waals surface area contributed by atoms with Crippen molar-refractivity contribution < 1.29 is 0 Å². The lowest BCUT2D eigenvalue weighted by molar-refractivity contribution is 0.950. The Morgan fingerprint density at radius 2 is 1.37 bits per heavy atom. The van der Waals surface area contributed by atoms with E-state index in [1.807, 2.05) is 38.1 Å². The molecular weight excluding hydrogens is 232 g/mol. The van der Waals surface area contributed by atoms with Gasteiger partial charge in [0.05, 0.1) is 0 Å². The van der Waals surface area contributed by atoms with Gasteiger partial charge < -0.3 is 11.5 Å². The van der Waals surface area contributed by atoms with Crippen LogP contribution in [0.2, 0.25) is 0 Å². The number of aryl methyl sites for hydroxylation is 3. The molecular formula is C17H24N2. The molecule has 0 aromatic heterocycles. The zero-order valence-electron chi connectivity index (χ0n) is 12.1. The second kappa shape index (κ2) is 7.47. The quantitative estimate of drug-likeness (QED) is 0.816. The Kier molecular flexibility index (Phi) is 5.94. The Morgan fingerprint density at radius 3 is 1.95 bits per heavy atom. The SMILES string of the molecule is CC.Cc1cc(N)ccc1CCc1ccc(N)cc1. The van der Waals surface area contributed by atoms with Gasteiger partial charge in [0.2, 0.25) is 0 Å². The van der Waals surface area contributed by atoms with Gasteiger partial charge in [0, 0.05) is 11.4 Å². The molecule has 0 saturated carbocycles. The summed E-state index contributed by atoms with van der Waals surface area (Å²) in [6, 6.07) is 14.2. The maximum atomic E-state index is 5.74. The van der Waals surface area contributed by atoms with Gasteiger partial charge in [-0.2, -0.15) is 0 Å². The molecule has 2 aromatic carbocycles. The lowest BCUT2D eigenvalue weighted by atomic mass is 10.00. The van der Waals surface area contributed by atoms with E-state index in [4.69, 9.17) is 11.5 Å². The van der Waals surface area contributed by atoms with E-state index < -0.39 is 0 Å². The Hall–Kier alpha value is -1.96.